The van der Waals surface area contributed by atoms with Gasteiger partial charge in [-0.1, -0.05) is 42.1 Å². The molecule has 0 fully saturated rings. The molecule has 29 heavy (non-hydrogen) atoms. The molecule has 6 heteroatoms. The van der Waals surface area contributed by atoms with Gasteiger partial charge in [-0.05, 0) is 49.2 Å². The number of para-hydroxylation sites is 3. The largest absolute Gasteiger partial charge is 0.338 e. The van der Waals surface area contributed by atoms with E-state index >= 15 is 0 Å². The molecule has 2 aromatic heterocycles. The topological polar surface area (TPSA) is 61.9 Å². The number of imidazole rings is 1. The zero-order chi connectivity index (χ0) is 19.8. The smallest absolute Gasteiger partial charge is 0.237 e. The monoisotopic (exact) mass is 400 g/mol. The molecule has 5 nitrogen and oxygen atoms in total. The molecule has 1 atom stereocenters. The summed E-state index contributed by atoms with van der Waals surface area (Å²) in [4.78, 5) is 27.5. The van der Waals surface area contributed by atoms with Crippen LogP contribution in [0.3, 0.4) is 0 Å². The Labute approximate surface area is 173 Å². The predicted molar refractivity (Wildman–Crippen MR) is 117 cm³/mol. The predicted octanol–water partition coefficient (Wildman–Crippen LogP) is 4.69. The maximum atomic E-state index is 13.0. The number of benzene rings is 2. The van der Waals surface area contributed by atoms with Gasteiger partial charge in [-0.2, -0.15) is 0 Å². The molecular formula is C23H20N4OS. The van der Waals surface area contributed by atoms with Crippen molar-refractivity contribution < 1.29 is 4.79 Å². The minimum atomic E-state index is 0.105. The molecule has 1 amide bonds. The van der Waals surface area contributed by atoms with Crippen molar-refractivity contribution in [2.45, 2.75) is 24.4 Å². The van der Waals surface area contributed by atoms with Crippen LogP contribution in [0.15, 0.2) is 71.9 Å². The molecule has 1 N–H and O–H groups in total. The summed E-state index contributed by atoms with van der Waals surface area (Å²) in [5.41, 5.74) is 5.08. The van der Waals surface area contributed by atoms with E-state index in [0.29, 0.717) is 5.75 Å². The normalized spacial score (nSPS) is 15.6. The number of anilines is 1. The van der Waals surface area contributed by atoms with Crippen LogP contribution < -0.4 is 4.90 Å². The summed E-state index contributed by atoms with van der Waals surface area (Å²) < 4.78 is 0. The van der Waals surface area contributed by atoms with Crippen LogP contribution in [0.1, 0.15) is 12.5 Å². The summed E-state index contributed by atoms with van der Waals surface area (Å²) in [6, 6.07) is 20.2. The maximum absolute atomic E-state index is 13.0. The summed E-state index contributed by atoms with van der Waals surface area (Å²) in [6.07, 6.45) is 2.66. The first-order valence-corrected chi connectivity index (χ1v) is 10.6. The Morgan fingerprint density at radius 3 is 2.86 bits per heavy atom. The second-order valence-corrected chi connectivity index (χ2v) is 8.16. The number of nitrogens with zero attached hydrogens (tertiary/aromatic N) is 3. The highest BCUT2D eigenvalue weighted by molar-refractivity contribution is 8.00. The van der Waals surface area contributed by atoms with Gasteiger partial charge in [0.2, 0.25) is 5.91 Å². The van der Waals surface area contributed by atoms with Gasteiger partial charge in [0, 0.05) is 23.5 Å². The number of nitrogens with one attached hydrogen (secondary N) is 1. The van der Waals surface area contributed by atoms with E-state index in [4.69, 9.17) is 0 Å². The van der Waals surface area contributed by atoms with Crippen molar-refractivity contribution in [3.05, 3.63) is 72.4 Å². The van der Waals surface area contributed by atoms with Crippen molar-refractivity contribution >= 4 is 34.4 Å². The van der Waals surface area contributed by atoms with Crippen molar-refractivity contribution in [3.8, 4) is 11.4 Å². The summed E-state index contributed by atoms with van der Waals surface area (Å²) in [5, 5.41) is 0.806. The molecule has 2 aromatic carbocycles. The number of carbonyl (C=O) groups is 1. The van der Waals surface area contributed by atoms with E-state index in [-0.39, 0.29) is 11.9 Å². The third kappa shape index (κ3) is 3.29. The van der Waals surface area contributed by atoms with Gasteiger partial charge in [0.05, 0.1) is 16.8 Å². The van der Waals surface area contributed by atoms with E-state index in [1.54, 1.807) is 6.20 Å². The molecule has 5 rings (SSSR count). The number of aromatic nitrogens is 3. The number of H-pyrrole nitrogens is 1. The van der Waals surface area contributed by atoms with Gasteiger partial charge in [0.15, 0.2) is 0 Å². The lowest BCUT2D eigenvalue weighted by atomic mass is 10.1. The lowest BCUT2D eigenvalue weighted by Gasteiger charge is -2.22. The number of thioether (sulfide) groups is 1. The Hall–Kier alpha value is -3.12. The number of amides is 1. The van der Waals surface area contributed by atoms with E-state index < -0.39 is 0 Å². The van der Waals surface area contributed by atoms with Gasteiger partial charge in [-0.3, -0.25) is 4.79 Å². The summed E-state index contributed by atoms with van der Waals surface area (Å²) in [6.45, 7) is 2.10. The SMILES string of the molecule is C[C@H]1Cc2ccccc2N1C(=O)CSc1ncccc1-c1nc2ccccc2[nH]1. The van der Waals surface area contributed by atoms with Gasteiger partial charge in [0.25, 0.3) is 0 Å². The lowest BCUT2D eigenvalue weighted by Crippen LogP contribution is -2.37. The van der Waals surface area contributed by atoms with Gasteiger partial charge in [0.1, 0.15) is 10.9 Å². The minimum absolute atomic E-state index is 0.105. The van der Waals surface area contributed by atoms with Gasteiger partial charge in [-0.15, -0.1) is 0 Å². The van der Waals surface area contributed by atoms with E-state index in [9.17, 15) is 4.79 Å². The highest BCUT2D eigenvalue weighted by atomic mass is 32.2. The van der Waals surface area contributed by atoms with Crippen LogP contribution in [0.2, 0.25) is 0 Å². The number of hydrogen-bond acceptors (Lipinski definition) is 4. The molecule has 0 bridgehead atoms. The average Bonchev–Trinajstić information content (AvgIpc) is 3.32. The van der Waals surface area contributed by atoms with Crippen molar-refractivity contribution in [1.29, 1.82) is 0 Å². The quantitative estimate of drug-likeness (QED) is 0.505. The van der Waals surface area contributed by atoms with E-state index in [1.807, 2.05) is 59.5 Å². The molecule has 4 aromatic rings. The van der Waals surface area contributed by atoms with E-state index in [1.165, 1.54) is 17.3 Å². The van der Waals surface area contributed by atoms with Crippen molar-refractivity contribution in [3.63, 3.8) is 0 Å². The van der Waals surface area contributed by atoms with Crippen molar-refractivity contribution in [2.24, 2.45) is 0 Å². The van der Waals surface area contributed by atoms with Crippen LogP contribution in [0.4, 0.5) is 5.69 Å². The molecule has 0 aliphatic carbocycles. The third-order valence-corrected chi connectivity index (χ3v) is 6.21. The Morgan fingerprint density at radius 1 is 1.14 bits per heavy atom. The molecule has 144 valence electrons. The molecule has 1 aliphatic heterocycles. The molecule has 0 unspecified atom stereocenters. The van der Waals surface area contributed by atoms with Crippen LogP contribution in [0, 0.1) is 0 Å². The van der Waals surface area contributed by atoms with Crippen LogP contribution >= 0.6 is 11.8 Å². The summed E-state index contributed by atoms with van der Waals surface area (Å²) >= 11 is 1.46. The van der Waals surface area contributed by atoms with Crippen LogP contribution in [-0.2, 0) is 11.2 Å². The van der Waals surface area contributed by atoms with Gasteiger partial charge >= 0.3 is 0 Å². The summed E-state index contributed by atoms with van der Waals surface area (Å²) in [5.74, 6) is 1.21. The number of carbonyl (C=O) groups excluding carboxylic acids is 1. The number of hydrogen-bond donors (Lipinski definition) is 1. The minimum Gasteiger partial charge on any atom is -0.338 e. The molecule has 0 saturated carbocycles. The second kappa shape index (κ2) is 7.37. The van der Waals surface area contributed by atoms with E-state index in [2.05, 4.69) is 27.9 Å². The highest BCUT2D eigenvalue weighted by Gasteiger charge is 2.30. The lowest BCUT2D eigenvalue weighted by molar-refractivity contribution is -0.116. The van der Waals surface area contributed by atoms with Gasteiger partial charge in [-0.25, -0.2) is 9.97 Å². The Morgan fingerprint density at radius 2 is 1.97 bits per heavy atom. The first-order chi connectivity index (χ1) is 14.2. The zero-order valence-corrected chi connectivity index (χ0v) is 16.8. The molecule has 0 radical (unpaired) electrons. The van der Waals surface area contributed by atoms with Crippen LogP contribution in [-0.4, -0.2) is 32.7 Å². The fraction of sp³-hybridized carbons (Fsp3) is 0.174. The van der Waals surface area contributed by atoms with E-state index in [0.717, 1.165) is 39.6 Å². The van der Waals surface area contributed by atoms with Crippen LogP contribution in [0.5, 0.6) is 0 Å². The number of rotatable bonds is 4. The van der Waals surface area contributed by atoms with Gasteiger partial charge < -0.3 is 9.88 Å². The molecular weight excluding hydrogens is 380 g/mol. The first kappa shape index (κ1) is 17.9. The third-order valence-electron chi connectivity index (χ3n) is 5.22. The number of pyridine rings is 1. The second-order valence-electron chi connectivity index (χ2n) is 7.19. The molecule has 0 spiro atoms. The number of aromatic amines is 1. The van der Waals surface area contributed by atoms with Crippen molar-refractivity contribution in [2.75, 3.05) is 10.7 Å². The Balaban J connectivity index is 1.39. The molecule has 3 heterocycles. The molecule has 0 saturated heterocycles. The fourth-order valence-corrected chi connectivity index (χ4v) is 4.77. The zero-order valence-electron chi connectivity index (χ0n) is 16.0. The average molecular weight is 401 g/mol. The van der Waals surface area contributed by atoms with Crippen LogP contribution in [0.25, 0.3) is 22.4 Å². The standard InChI is InChI=1S/C23H20N4OS/c1-15-13-16-7-2-5-11-20(16)27(15)21(28)14-29-23-17(8-6-12-24-23)22-25-18-9-3-4-10-19(18)26-22/h2-12,15H,13-14H2,1H3,(H,25,26)/t15-/m0/s1. The summed E-state index contributed by atoms with van der Waals surface area (Å²) in [7, 11) is 0. The van der Waals surface area contributed by atoms with Crippen molar-refractivity contribution in [1.82, 2.24) is 15.0 Å². The Kier molecular flexibility index (Phi) is 4.56. The number of fused-ring (bicyclic) bond motifs is 2. The fourth-order valence-electron chi connectivity index (χ4n) is 3.91. The highest BCUT2D eigenvalue weighted by Crippen LogP contribution is 2.34. The first-order valence-electron chi connectivity index (χ1n) is 9.63. The Bertz CT molecular complexity index is 1170. The molecule has 1 aliphatic rings. The maximum Gasteiger partial charge on any atom is 0.237 e.